The molecule has 2 aromatic carbocycles. The predicted octanol–water partition coefficient (Wildman–Crippen LogP) is 4.84. The molecule has 0 fully saturated rings. The van der Waals surface area contributed by atoms with Gasteiger partial charge < -0.3 is 0 Å². The Bertz CT molecular complexity index is 478. The summed E-state index contributed by atoms with van der Waals surface area (Å²) in [6, 6.07) is 21.4. The van der Waals surface area contributed by atoms with Gasteiger partial charge in [0.1, 0.15) is 0 Å². The average molecular weight is 256 g/mol. The van der Waals surface area contributed by atoms with Gasteiger partial charge in [-0.1, -0.05) is 88.3 Å². The molecule has 84 valence electrons. The highest BCUT2D eigenvalue weighted by molar-refractivity contribution is 8.78. The molecule has 0 saturated heterocycles. The van der Waals surface area contributed by atoms with Crippen molar-refractivity contribution in [3.63, 3.8) is 0 Å². The van der Waals surface area contributed by atoms with E-state index in [1.165, 1.54) is 11.1 Å². The maximum Gasteiger partial charge on any atom is 0.0952 e. The Morgan fingerprint density at radius 3 is 1.65 bits per heavy atom. The molecule has 0 N–H and O–H groups in total. The minimum Gasteiger partial charge on any atom is -0.0687 e. The van der Waals surface area contributed by atoms with Crippen LogP contribution in [0.1, 0.15) is 11.1 Å². The van der Waals surface area contributed by atoms with E-state index in [1.807, 2.05) is 10.8 Å². The Labute approximate surface area is 110 Å². The standard InChI is InChI=1S/C15H12S2/c1-3-7-13(8-4-1)15(11-12-16-17-15)14-9-5-2-6-10-14/h1-12H. The van der Waals surface area contributed by atoms with E-state index >= 15 is 0 Å². The van der Waals surface area contributed by atoms with Crippen molar-refractivity contribution in [2.75, 3.05) is 0 Å². The molecule has 2 heteroatoms. The Morgan fingerprint density at radius 1 is 0.706 bits per heavy atom. The van der Waals surface area contributed by atoms with E-state index in [9.17, 15) is 0 Å². The van der Waals surface area contributed by atoms with Crippen molar-refractivity contribution in [1.82, 2.24) is 0 Å². The molecule has 0 unspecified atom stereocenters. The summed E-state index contributed by atoms with van der Waals surface area (Å²) in [5.41, 5.74) is 2.69. The van der Waals surface area contributed by atoms with Crippen molar-refractivity contribution in [2.24, 2.45) is 0 Å². The molecule has 0 spiro atoms. The molecule has 0 saturated carbocycles. The second kappa shape index (κ2) is 4.63. The fraction of sp³-hybridized carbons (Fsp3) is 0.0667. The van der Waals surface area contributed by atoms with Gasteiger partial charge in [-0.25, -0.2) is 0 Å². The normalized spacial score (nSPS) is 17.2. The van der Waals surface area contributed by atoms with Gasteiger partial charge in [-0.3, -0.25) is 0 Å². The van der Waals surface area contributed by atoms with Crippen LogP contribution >= 0.6 is 21.6 Å². The van der Waals surface area contributed by atoms with E-state index in [-0.39, 0.29) is 4.75 Å². The summed E-state index contributed by atoms with van der Waals surface area (Å²) in [5.74, 6) is 0. The second-order valence-corrected chi connectivity index (χ2v) is 6.30. The van der Waals surface area contributed by atoms with Crippen molar-refractivity contribution >= 4 is 21.6 Å². The van der Waals surface area contributed by atoms with Crippen molar-refractivity contribution < 1.29 is 0 Å². The van der Waals surface area contributed by atoms with Crippen LogP contribution in [0, 0.1) is 0 Å². The Hall–Kier alpha value is -1.12. The second-order valence-electron chi connectivity index (χ2n) is 3.95. The Balaban J connectivity index is 2.15. The molecule has 0 aromatic heterocycles. The van der Waals surface area contributed by atoms with Gasteiger partial charge in [0.25, 0.3) is 0 Å². The summed E-state index contributed by atoms with van der Waals surface area (Å²) in [7, 11) is 3.71. The third-order valence-electron chi connectivity index (χ3n) is 2.94. The third kappa shape index (κ3) is 1.92. The van der Waals surface area contributed by atoms with Crippen molar-refractivity contribution in [2.45, 2.75) is 4.75 Å². The number of hydrogen-bond donors (Lipinski definition) is 0. The van der Waals surface area contributed by atoms with Gasteiger partial charge in [0, 0.05) is 0 Å². The molecule has 17 heavy (non-hydrogen) atoms. The molecule has 0 aliphatic carbocycles. The van der Waals surface area contributed by atoms with E-state index in [4.69, 9.17) is 0 Å². The molecular formula is C15H12S2. The summed E-state index contributed by atoms with van der Waals surface area (Å²) in [6.07, 6.45) is 2.30. The highest BCUT2D eigenvalue weighted by atomic mass is 33.1. The van der Waals surface area contributed by atoms with Crippen molar-refractivity contribution in [3.05, 3.63) is 83.3 Å². The summed E-state index contributed by atoms with van der Waals surface area (Å²) in [5, 5.41) is 2.19. The summed E-state index contributed by atoms with van der Waals surface area (Å²) < 4.78 is -0.0206. The zero-order valence-corrected chi connectivity index (χ0v) is 10.9. The number of rotatable bonds is 2. The van der Waals surface area contributed by atoms with Gasteiger partial charge in [0.15, 0.2) is 0 Å². The summed E-state index contributed by atoms with van der Waals surface area (Å²) in [6.45, 7) is 0. The first-order valence-corrected chi connectivity index (χ1v) is 7.76. The van der Waals surface area contributed by atoms with Gasteiger partial charge in [-0.05, 0) is 16.5 Å². The molecule has 0 atom stereocenters. The lowest BCUT2D eigenvalue weighted by Gasteiger charge is -2.26. The van der Waals surface area contributed by atoms with E-state index < -0.39 is 0 Å². The topological polar surface area (TPSA) is 0 Å². The van der Waals surface area contributed by atoms with Crippen LogP contribution in [-0.4, -0.2) is 0 Å². The van der Waals surface area contributed by atoms with Crippen LogP contribution in [0.2, 0.25) is 0 Å². The van der Waals surface area contributed by atoms with Gasteiger partial charge in [0.05, 0.1) is 4.75 Å². The van der Waals surface area contributed by atoms with Crippen LogP contribution in [0.5, 0.6) is 0 Å². The molecule has 1 heterocycles. The molecule has 1 aliphatic heterocycles. The molecule has 0 amide bonds. The van der Waals surface area contributed by atoms with Crippen LogP contribution in [-0.2, 0) is 4.75 Å². The van der Waals surface area contributed by atoms with E-state index in [0.29, 0.717) is 0 Å². The van der Waals surface area contributed by atoms with Gasteiger partial charge in [-0.15, -0.1) is 0 Å². The van der Waals surface area contributed by atoms with Crippen molar-refractivity contribution in [1.29, 1.82) is 0 Å². The summed E-state index contributed by atoms with van der Waals surface area (Å²) in [4.78, 5) is 0. The highest BCUT2D eigenvalue weighted by Crippen LogP contribution is 2.54. The molecule has 0 nitrogen and oxygen atoms in total. The lowest BCUT2D eigenvalue weighted by Crippen LogP contribution is -2.17. The van der Waals surface area contributed by atoms with Crippen LogP contribution in [0.3, 0.4) is 0 Å². The Morgan fingerprint density at radius 2 is 1.24 bits per heavy atom. The first-order chi connectivity index (χ1) is 8.42. The lowest BCUT2D eigenvalue weighted by atomic mass is 9.90. The monoisotopic (exact) mass is 256 g/mol. The lowest BCUT2D eigenvalue weighted by molar-refractivity contribution is 0.953. The largest absolute Gasteiger partial charge is 0.0952 e. The van der Waals surface area contributed by atoms with Crippen molar-refractivity contribution in [3.8, 4) is 0 Å². The minimum atomic E-state index is -0.0206. The Kier molecular flexibility index (Phi) is 3.00. The van der Waals surface area contributed by atoms with Gasteiger partial charge >= 0.3 is 0 Å². The number of benzene rings is 2. The molecular weight excluding hydrogens is 244 g/mol. The zero-order valence-electron chi connectivity index (χ0n) is 9.24. The van der Waals surface area contributed by atoms with Crippen LogP contribution < -0.4 is 0 Å². The van der Waals surface area contributed by atoms with Crippen LogP contribution in [0.4, 0.5) is 0 Å². The van der Waals surface area contributed by atoms with E-state index in [1.54, 1.807) is 10.8 Å². The SMILES string of the molecule is C1=CC(c2ccccc2)(c2ccccc2)SS1. The van der Waals surface area contributed by atoms with E-state index in [2.05, 4.69) is 72.1 Å². The molecule has 3 rings (SSSR count). The fourth-order valence-electron chi connectivity index (χ4n) is 2.08. The first-order valence-electron chi connectivity index (χ1n) is 5.55. The third-order valence-corrected chi connectivity index (χ3v) is 5.57. The molecule has 2 aromatic rings. The van der Waals surface area contributed by atoms with Gasteiger partial charge in [0.2, 0.25) is 0 Å². The highest BCUT2D eigenvalue weighted by Gasteiger charge is 2.35. The maximum absolute atomic E-state index is 2.30. The average Bonchev–Trinajstić information content (AvgIpc) is 2.91. The molecule has 1 aliphatic rings. The number of hydrogen-bond acceptors (Lipinski definition) is 2. The smallest absolute Gasteiger partial charge is 0.0687 e. The fourth-order valence-corrected chi connectivity index (χ4v) is 4.76. The maximum atomic E-state index is 2.30. The minimum absolute atomic E-state index is 0.0206. The first kappa shape index (κ1) is 11.0. The summed E-state index contributed by atoms with van der Waals surface area (Å²) >= 11 is 0. The quantitative estimate of drug-likeness (QED) is 0.705. The predicted molar refractivity (Wildman–Crippen MR) is 78.0 cm³/mol. The van der Waals surface area contributed by atoms with Gasteiger partial charge in [-0.2, -0.15) is 0 Å². The van der Waals surface area contributed by atoms with Crippen LogP contribution in [0.25, 0.3) is 0 Å². The molecule has 0 radical (unpaired) electrons. The van der Waals surface area contributed by atoms with E-state index in [0.717, 1.165) is 0 Å². The zero-order chi connectivity index (χ0) is 11.6. The molecule has 0 bridgehead atoms. The van der Waals surface area contributed by atoms with Crippen LogP contribution in [0.15, 0.2) is 72.1 Å².